The van der Waals surface area contributed by atoms with Crippen molar-refractivity contribution in [2.75, 3.05) is 29.6 Å². The predicted molar refractivity (Wildman–Crippen MR) is 111 cm³/mol. The molecular formula is C22H20FN3O3. The van der Waals surface area contributed by atoms with Crippen molar-refractivity contribution in [1.82, 2.24) is 0 Å². The van der Waals surface area contributed by atoms with E-state index >= 15 is 0 Å². The van der Waals surface area contributed by atoms with Gasteiger partial charge in [-0.05, 0) is 72.8 Å². The topological polar surface area (TPSA) is 79.5 Å². The normalized spacial score (nSPS) is 10.1. The first-order chi connectivity index (χ1) is 14.0. The van der Waals surface area contributed by atoms with Crippen molar-refractivity contribution >= 4 is 28.9 Å². The van der Waals surface area contributed by atoms with Crippen LogP contribution in [0.15, 0.2) is 72.8 Å². The maximum Gasteiger partial charge on any atom is 0.255 e. The number of anilines is 3. The highest BCUT2D eigenvalue weighted by Gasteiger charge is 2.07. The number of hydrogen-bond acceptors (Lipinski definition) is 4. The molecule has 0 fully saturated rings. The quantitative estimate of drug-likeness (QED) is 0.564. The zero-order valence-corrected chi connectivity index (χ0v) is 15.7. The molecule has 3 rings (SSSR count). The van der Waals surface area contributed by atoms with Crippen LogP contribution in [0.1, 0.15) is 10.4 Å². The van der Waals surface area contributed by atoms with Gasteiger partial charge in [0.25, 0.3) is 5.91 Å². The fraction of sp³-hybridized carbons (Fsp3) is 0.0909. The first-order valence-corrected chi connectivity index (χ1v) is 8.88. The van der Waals surface area contributed by atoms with Gasteiger partial charge in [0.1, 0.15) is 11.6 Å². The Morgan fingerprint density at radius 3 is 1.97 bits per heavy atom. The molecule has 7 heteroatoms. The SMILES string of the molecule is COc1ccc(NC(=O)c2ccc(NCC(=O)Nc3ccc(F)cc3)cc2)cc1. The van der Waals surface area contributed by atoms with E-state index in [2.05, 4.69) is 16.0 Å². The number of halogens is 1. The molecule has 0 spiro atoms. The van der Waals surface area contributed by atoms with Gasteiger partial charge in [-0.1, -0.05) is 0 Å². The third-order valence-electron chi connectivity index (χ3n) is 4.08. The summed E-state index contributed by atoms with van der Waals surface area (Å²) in [6.07, 6.45) is 0. The fourth-order valence-corrected chi connectivity index (χ4v) is 2.54. The molecule has 0 saturated carbocycles. The van der Waals surface area contributed by atoms with Crippen LogP contribution >= 0.6 is 0 Å². The van der Waals surface area contributed by atoms with Gasteiger partial charge in [0.15, 0.2) is 0 Å². The summed E-state index contributed by atoms with van der Waals surface area (Å²) in [5.74, 6) is -0.159. The van der Waals surface area contributed by atoms with Crippen molar-refractivity contribution in [2.45, 2.75) is 0 Å². The van der Waals surface area contributed by atoms with Crippen LogP contribution in [-0.4, -0.2) is 25.5 Å². The molecule has 0 aliphatic heterocycles. The smallest absolute Gasteiger partial charge is 0.255 e. The van der Waals surface area contributed by atoms with E-state index in [-0.39, 0.29) is 24.2 Å². The van der Waals surface area contributed by atoms with Crippen LogP contribution in [0.25, 0.3) is 0 Å². The van der Waals surface area contributed by atoms with E-state index in [1.54, 1.807) is 55.6 Å². The van der Waals surface area contributed by atoms with E-state index in [1.165, 1.54) is 24.3 Å². The lowest BCUT2D eigenvalue weighted by Gasteiger charge is -2.09. The number of hydrogen-bond donors (Lipinski definition) is 3. The van der Waals surface area contributed by atoms with E-state index in [4.69, 9.17) is 4.74 Å². The molecule has 2 amide bonds. The largest absolute Gasteiger partial charge is 0.497 e. The van der Waals surface area contributed by atoms with Crippen molar-refractivity contribution in [3.8, 4) is 5.75 Å². The average molecular weight is 393 g/mol. The standard InChI is InChI=1S/C22H20FN3O3/c1-29-20-12-10-19(11-13-20)26-22(28)15-2-6-17(7-3-15)24-14-21(27)25-18-8-4-16(23)5-9-18/h2-13,24H,14H2,1H3,(H,25,27)(H,26,28). The highest BCUT2D eigenvalue weighted by molar-refractivity contribution is 6.04. The van der Waals surface area contributed by atoms with Gasteiger partial charge in [0, 0.05) is 22.6 Å². The van der Waals surface area contributed by atoms with Crippen LogP contribution in [-0.2, 0) is 4.79 Å². The van der Waals surface area contributed by atoms with Crippen molar-refractivity contribution < 1.29 is 18.7 Å². The fourth-order valence-electron chi connectivity index (χ4n) is 2.54. The number of carbonyl (C=O) groups excluding carboxylic acids is 2. The molecule has 3 N–H and O–H groups in total. The van der Waals surface area contributed by atoms with Crippen LogP contribution in [0.2, 0.25) is 0 Å². The predicted octanol–water partition coefficient (Wildman–Crippen LogP) is 4.14. The molecule has 3 aromatic rings. The van der Waals surface area contributed by atoms with Crippen molar-refractivity contribution in [2.24, 2.45) is 0 Å². The number of carbonyl (C=O) groups is 2. The van der Waals surface area contributed by atoms with Gasteiger partial charge in [0.2, 0.25) is 5.91 Å². The highest BCUT2D eigenvalue weighted by atomic mass is 19.1. The van der Waals surface area contributed by atoms with Crippen molar-refractivity contribution in [1.29, 1.82) is 0 Å². The third-order valence-corrected chi connectivity index (χ3v) is 4.08. The minimum absolute atomic E-state index is 0.0365. The summed E-state index contributed by atoms with van der Waals surface area (Å²) in [5, 5.41) is 8.44. The Morgan fingerprint density at radius 1 is 0.793 bits per heavy atom. The van der Waals surface area contributed by atoms with E-state index in [1.807, 2.05) is 0 Å². The van der Waals surface area contributed by atoms with Gasteiger partial charge < -0.3 is 20.7 Å². The molecule has 3 aromatic carbocycles. The molecule has 0 aromatic heterocycles. The number of benzene rings is 3. The molecule has 29 heavy (non-hydrogen) atoms. The van der Waals surface area contributed by atoms with Gasteiger partial charge in [-0.3, -0.25) is 9.59 Å². The molecule has 0 radical (unpaired) electrons. The number of rotatable bonds is 7. The van der Waals surface area contributed by atoms with Gasteiger partial charge in [-0.2, -0.15) is 0 Å². The number of ether oxygens (including phenoxy) is 1. The molecule has 0 unspecified atom stereocenters. The Morgan fingerprint density at radius 2 is 1.34 bits per heavy atom. The number of nitrogens with one attached hydrogen (secondary N) is 3. The molecule has 0 atom stereocenters. The Labute approximate surface area is 167 Å². The zero-order chi connectivity index (χ0) is 20.6. The second-order valence-electron chi connectivity index (χ2n) is 6.17. The van der Waals surface area contributed by atoms with E-state index in [0.717, 1.165) is 0 Å². The molecule has 0 aliphatic rings. The minimum atomic E-state index is -0.364. The Hall–Kier alpha value is -3.87. The van der Waals surface area contributed by atoms with Crippen molar-refractivity contribution in [3.63, 3.8) is 0 Å². The Kier molecular flexibility index (Phi) is 6.42. The van der Waals surface area contributed by atoms with Crippen LogP contribution in [0.5, 0.6) is 5.75 Å². The first-order valence-electron chi connectivity index (χ1n) is 8.88. The van der Waals surface area contributed by atoms with E-state index in [9.17, 15) is 14.0 Å². The molecule has 148 valence electrons. The number of amides is 2. The molecule has 0 heterocycles. The maximum atomic E-state index is 12.9. The molecule has 0 bridgehead atoms. The lowest BCUT2D eigenvalue weighted by molar-refractivity contribution is -0.114. The summed E-state index contributed by atoms with van der Waals surface area (Å²) in [4.78, 5) is 24.3. The van der Waals surface area contributed by atoms with Crippen LogP contribution in [0.3, 0.4) is 0 Å². The summed E-state index contributed by atoms with van der Waals surface area (Å²) in [5.41, 5.74) is 2.36. The highest BCUT2D eigenvalue weighted by Crippen LogP contribution is 2.17. The Bertz CT molecular complexity index is 972. The second-order valence-corrected chi connectivity index (χ2v) is 6.17. The molecular weight excluding hydrogens is 373 g/mol. The van der Waals surface area contributed by atoms with Gasteiger partial charge in [0.05, 0.1) is 13.7 Å². The van der Waals surface area contributed by atoms with E-state index in [0.29, 0.717) is 28.4 Å². The summed E-state index contributed by atoms with van der Waals surface area (Å²) >= 11 is 0. The molecule has 0 aliphatic carbocycles. The molecule has 0 saturated heterocycles. The third kappa shape index (κ3) is 5.80. The van der Waals surface area contributed by atoms with Gasteiger partial charge >= 0.3 is 0 Å². The molecule has 6 nitrogen and oxygen atoms in total. The first kappa shape index (κ1) is 19.9. The zero-order valence-electron chi connectivity index (χ0n) is 15.7. The maximum absolute atomic E-state index is 12.9. The Balaban J connectivity index is 1.50. The lowest BCUT2D eigenvalue weighted by atomic mass is 10.2. The monoisotopic (exact) mass is 393 g/mol. The summed E-state index contributed by atoms with van der Waals surface area (Å²) in [6.45, 7) is 0.0365. The van der Waals surface area contributed by atoms with Gasteiger partial charge in [-0.15, -0.1) is 0 Å². The average Bonchev–Trinajstić information content (AvgIpc) is 2.75. The van der Waals surface area contributed by atoms with Crippen LogP contribution in [0.4, 0.5) is 21.5 Å². The number of methoxy groups -OCH3 is 1. The van der Waals surface area contributed by atoms with Crippen molar-refractivity contribution in [3.05, 3.63) is 84.2 Å². The van der Waals surface area contributed by atoms with Gasteiger partial charge in [-0.25, -0.2) is 4.39 Å². The summed E-state index contributed by atoms with van der Waals surface area (Å²) in [7, 11) is 1.58. The summed E-state index contributed by atoms with van der Waals surface area (Å²) < 4.78 is 18.0. The second kappa shape index (κ2) is 9.36. The lowest BCUT2D eigenvalue weighted by Crippen LogP contribution is -2.21. The minimum Gasteiger partial charge on any atom is -0.497 e. The van der Waals surface area contributed by atoms with Crippen LogP contribution in [0, 0.1) is 5.82 Å². The van der Waals surface area contributed by atoms with E-state index < -0.39 is 0 Å². The van der Waals surface area contributed by atoms with Crippen LogP contribution < -0.4 is 20.7 Å². The summed E-state index contributed by atoms with van der Waals surface area (Å²) in [6, 6.07) is 19.3.